The van der Waals surface area contributed by atoms with Crippen LogP contribution >= 0.6 is 22.6 Å². The van der Waals surface area contributed by atoms with E-state index < -0.39 is 0 Å². The molecule has 0 fully saturated rings. The molecule has 0 radical (unpaired) electrons. The van der Waals surface area contributed by atoms with Gasteiger partial charge in [-0.1, -0.05) is 43.4 Å². The SMILES string of the molecule is CC(C)(I)NC(CO)C(C)(C)C. The molecule has 0 saturated carbocycles. The van der Waals surface area contributed by atoms with Crippen molar-refractivity contribution in [3.63, 3.8) is 0 Å². The van der Waals surface area contributed by atoms with Crippen molar-refractivity contribution in [1.29, 1.82) is 0 Å². The highest BCUT2D eigenvalue weighted by Crippen LogP contribution is 2.23. The van der Waals surface area contributed by atoms with Crippen molar-refractivity contribution in [2.45, 2.75) is 44.2 Å². The number of alkyl halides is 1. The number of aliphatic hydroxyl groups is 1. The van der Waals surface area contributed by atoms with E-state index >= 15 is 0 Å². The smallest absolute Gasteiger partial charge is 0.0651 e. The molecule has 0 aliphatic rings. The lowest BCUT2D eigenvalue weighted by atomic mass is 9.87. The number of hydrogen-bond donors (Lipinski definition) is 2. The van der Waals surface area contributed by atoms with Crippen LogP contribution in [0.4, 0.5) is 0 Å². The molecule has 2 N–H and O–H groups in total. The molecule has 0 aliphatic heterocycles. The Morgan fingerprint density at radius 2 is 1.67 bits per heavy atom. The first-order valence-electron chi connectivity index (χ1n) is 4.24. The Morgan fingerprint density at radius 3 is 1.75 bits per heavy atom. The zero-order chi connectivity index (χ0) is 9.99. The van der Waals surface area contributed by atoms with Crippen LogP contribution in [0.3, 0.4) is 0 Å². The van der Waals surface area contributed by atoms with Crippen molar-refractivity contribution in [1.82, 2.24) is 5.32 Å². The monoisotopic (exact) mass is 285 g/mol. The maximum Gasteiger partial charge on any atom is 0.0651 e. The molecule has 12 heavy (non-hydrogen) atoms. The van der Waals surface area contributed by atoms with Gasteiger partial charge >= 0.3 is 0 Å². The van der Waals surface area contributed by atoms with Crippen LogP contribution in [0.1, 0.15) is 34.6 Å². The lowest BCUT2D eigenvalue weighted by molar-refractivity contribution is 0.150. The summed E-state index contributed by atoms with van der Waals surface area (Å²) in [5.41, 5.74) is 0.108. The summed E-state index contributed by atoms with van der Waals surface area (Å²) in [4.78, 5) is 0. The van der Waals surface area contributed by atoms with E-state index in [2.05, 4.69) is 62.5 Å². The maximum absolute atomic E-state index is 9.16. The van der Waals surface area contributed by atoms with Crippen molar-refractivity contribution in [2.75, 3.05) is 6.61 Å². The van der Waals surface area contributed by atoms with E-state index in [0.29, 0.717) is 0 Å². The zero-order valence-electron chi connectivity index (χ0n) is 8.61. The molecular formula is C9H20INO. The predicted molar refractivity (Wildman–Crippen MR) is 61.6 cm³/mol. The van der Waals surface area contributed by atoms with Crippen LogP contribution in [-0.4, -0.2) is 21.3 Å². The Bertz CT molecular complexity index is 134. The van der Waals surface area contributed by atoms with E-state index in [4.69, 9.17) is 5.11 Å². The van der Waals surface area contributed by atoms with Gasteiger partial charge < -0.3 is 5.11 Å². The lowest BCUT2D eigenvalue weighted by Gasteiger charge is -2.35. The standard InChI is InChI=1S/C9H20INO/c1-8(2,3)7(6-12)11-9(4,5)10/h7,11-12H,6H2,1-5H3. The first-order chi connectivity index (χ1) is 5.17. The molecule has 0 spiro atoms. The van der Waals surface area contributed by atoms with Gasteiger partial charge in [0.1, 0.15) is 0 Å². The van der Waals surface area contributed by atoms with E-state index in [9.17, 15) is 0 Å². The molecule has 0 aromatic heterocycles. The first kappa shape index (κ1) is 12.7. The molecule has 1 atom stereocenters. The van der Waals surface area contributed by atoms with Gasteiger partial charge in [0, 0.05) is 6.04 Å². The molecule has 0 aliphatic carbocycles. The average Bonchev–Trinajstić information content (AvgIpc) is 1.78. The minimum atomic E-state index is 0.0401. The first-order valence-corrected chi connectivity index (χ1v) is 5.32. The lowest BCUT2D eigenvalue weighted by Crippen LogP contribution is -2.50. The van der Waals surface area contributed by atoms with Crippen LogP contribution in [0.15, 0.2) is 0 Å². The number of nitrogens with one attached hydrogen (secondary N) is 1. The van der Waals surface area contributed by atoms with Gasteiger partial charge in [0.25, 0.3) is 0 Å². The number of hydrogen-bond acceptors (Lipinski definition) is 2. The minimum absolute atomic E-state index is 0.0401. The summed E-state index contributed by atoms with van der Waals surface area (Å²) < 4.78 is 0.0401. The molecule has 0 saturated heterocycles. The molecule has 0 bridgehead atoms. The predicted octanol–water partition coefficient (Wildman–Crippen LogP) is 2.15. The molecule has 0 amide bonds. The Kier molecular flexibility index (Phi) is 4.47. The fourth-order valence-corrected chi connectivity index (χ4v) is 1.33. The third-order valence-corrected chi connectivity index (χ3v) is 2.06. The van der Waals surface area contributed by atoms with Gasteiger partial charge in [-0.15, -0.1) is 0 Å². The summed E-state index contributed by atoms with van der Waals surface area (Å²) in [6, 6.07) is 0.157. The fourth-order valence-electron chi connectivity index (χ4n) is 0.950. The van der Waals surface area contributed by atoms with Gasteiger partial charge in [0.2, 0.25) is 0 Å². The molecule has 0 aromatic rings. The highest BCUT2D eigenvalue weighted by atomic mass is 127. The Hall–Kier alpha value is 0.650. The summed E-state index contributed by atoms with van der Waals surface area (Å²) in [5, 5.41) is 12.5. The van der Waals surface area contributed by atoms with Crippen molar-refractivity contribution >= 4 is 22.6 Å². The highest BCUT2D eigenvalue weighted by molar-refractivity contribution is 14.1. The van der Waals surface area contributed by atoms with Crippen LogP contribution in [-0.2, 0) is 0 Å². The van der Waals surface area contributed by atoms with E-state index in [0.717, 1.165) is 0 Å². The Labute approximate surface area is 89.3 Å². The summed E-state index contributed by atoms with van der Waals surface area (Å²) in [6.45, 7) is 10.8. The summed E-state index contributed by atoms with van der Waals surface area (Å²) in [6.07, 6.45) is 0. The van der Waals surface area contributed by atoms with Gasteiger partial charge in [0.05, 0.1) is 10.2 Å². The normalized spacial score (nSPS) is 16.2. The van der Waals surface area contributed by atoms with E-state index in [1.165, 1.54) is 0 Å². The quantitative estimate of drug-likeness (QED) is 0.473. The topological polar surface area (TPSA) is 32.3 Å². The summed E-state index contributed by atoms with van der Waals surface area (Å²) >= 11 is 2.33. The Morgan fingerprint density at radius 1 is 1.25 bits per heavy atom. The van der Waals surface area contributed by atoms with Crippen molar-refractivity contribution in [3.8, 4) is 0 Å². The molecule has 3 heteroatoms. The van der Waals surface area contributed by atoms with Crippen LogP contribution in [0, 0.1) is 5.41 Å². The van der Waals surface area contributed by atoms with Crippen LogP contribution in [0.2, 0.25) is 0 Å². The van der Waals surface area contributed by atoms with Gasteiger partial charge in [0.15, 0.2) is 0 Å². The minimum Gasteiger partial charge on any atom is -0.395 e. The van der Waals surface area contributed by atoms with Crippen molar-refractivity contribution in [3.05, 3.63) is 0 Å². The van der Waals surface area contributed by atoms with Crippen LogP contribution in [0.5, 0.6) is 0 Å². The number of halogens is 1. The van der Waals surface area contributed by atoms with Gasteiger partial charge in [-0.3, -0.25) is 5.32 Å². The maximum atomic E-state index is 9.16. The highest BCUT2D eigenvalue weighted by Gasteiger charge is 2.27. The van der Waals surface area contributed by atoms with Gasteiger partial charge in [-0.2, -0.15) is 0 Å². The van der Waals surface area contributed by atoms with Crippen LogP contribution in [0.25, 0.3) is 0 Å². The summed E-state index contributed by atoms with van der Waals surface area (Å²) in [5.74, 6) is 0. The number of rotatable bonds is 3. The molecule has 2 nitrogen and oxygen atoms in total. The largest absolute Gasteiger partial charge is 0.395 e. The molecular weight excluding hydrogens is 265 g/mol. The van der Waals surface area contributed by atoms with Crippen molar-refractivity contribution in [2.24, 2.45) is 5.41 Å². The molecule has 74 valence electrons. The second kappa shape index (κ2) is 4.24. The second-order valence-corrected chi connectivity index (χ2v) is 7.41. The second-order valence-electron chi connectivity index (χ2n) is 4.72. The third kappa shape index (κ3) is 5.32. The average molecular weight is 285 g/mol. The zero-order valence-corrected chi connectivity index (χ0v) is 10.8. The van der Waals surface area contributed by atoms with E-state index in [-0.39, 0.29) is 21.6 Å². The summed E-state index contributed by atoms with van der Waals surface area (Å²) in [7, 11) is 0. The molecule has 0 aromatic carbocycles. The van der Waals surface area contributed by atoms with E-state index in [1.54, 1.807) is 0 Å². The van der Waals surface area contributed by atoms with Crippen molar-refractivity contribution < 1.29 is 5.11 Å². The third-order valence-electron chi connectivity index (χ3n) is 1.75. The fraction of sp³-hybridized carbons (Fsp3) is 1.00. The van der Waals surface area contributed by atoms with Crippen LogP contribution < -0.4 is 5.32 Å². The van der Waals surface area contributed by atoms with Gasteiger partial charge in [-0.05, 0) is 19.3 Å². The number of aliphatic hydroxyl groups excluding tert-OH is 1. The molecule has 0 heterocycles. The Balaban J connectivity index is 4.20. The van der Waals surface area contributed by atoms with E-state index in [1.807, 2.05) is 0 Å². The van der Waals surface area contributed by atoms with Gasteiger partial charge in [-0.25, -0.2) is 0 Å². The molecule has 0 rings (SSSR count). The molecule has 1 unspecified atom stereocenters.